The van der Waals surface area contributed by atoms with Crippen molar-refractivity contribution in [1.29, 1.82) is 10.5 Å². The zero-order valence-electron chi connectivity index (χ0n) is 28.2. The zero-order valence-corrected chi connectivity index (χ0v) is 28.2. The number of hydrogen-bond donors (Lipinski definition) is 4. The zero-order chi connectivity index (χ0) is 36.9. The van der Waals surface area contributed by atoms with Gasteiger partial charge in [-0.25, -0.2) is 13.2 Å². The van der Waals surface area contributed by atoms with Crippen molar-refractivity contribution in [1.82, 2.24) is 19.6 Å². The van der Waals surface area contributed by atoms with Gasteiger partial charge in [-0.2, -0.15) is 20.7 Å². The average Bonchev–Trinajstić information content (AvgIpc) is 3.73. The molecule has 0 aliphatic heterocycles. The molecule has 12 nitrogen and oxygen atoms in total. The minimum atomic E-state index is -1.03. The fourth-order valence-electron chi connectivity index (χ4n) is 6.63. The van der Waals surface area contributed by atoms with Crippen LogP contribution >= 0.6 is 0 Å². The Kier molecular flexibility index (Phi) is 10.7. The van der Waals surface area contributed by atoms with E-state index in [2.05, 4.69) is 33.0 Å². The molecular formula is C36H39F3N10O2. The standard InChI is InChI=1S/C18H19F2N5O.C18H20FN5O/c1-18(10-21)7-6-12(20)8-15(18)25-9-14(16(22)26)17(24-25)23-13-4-2-11(19)3-5-13;1-18(11-20)9-3-2-4-15(18)24-10-14(16(21)25)17(23-24)22-13-7-5-12(19)6-8-13/h2-5,9,12,15H,6-8H2,1H3,(H2,22,26)(H,23,24);5-8,10,15H,2-4,9H2,1H3,(H2,21,25)(H,22,23)/t12-,15+,18-;15-,18+/m10/s1. The number of primary amides is 2. The number of nitrogens with two attached hydrogens (primary N) is 2. The molecule has 2 aromatic heterocycles. The molecule has 2 aliphatic rings. The Morgan fingerprint density at radius 2 is 1.22 bits per heavy atom. The molecule has 2 saturated carbocycles. The average molecular weight is 701 g/mol. The number of alkyl halides is 1. The van der Waals surface area contributed by atoms with Crippen molar-refractivity contribution in [3.8, 4) is 12.1 Å². The van der Waals surface area contributed by atoms with Crippen LogP contribution in [-0.4, -0.2) is 37.5 Å². The van der Waals surface area contributed by atoms with Crippen molar-refractivity contribution < 1.29 is 22.8 Å². The lowest BCUT2D eigenvalue weighted by atomic mass is 9.72. The summed E-state index contributed by atoms with van der Waals surface area (Å²) in [6, 6.07) is 15.3. The van der Waals surface area contributed by atoms with E-state index in [1.165, 1.54) is 47.3 Å². The Bertz CT molecular complexity index is 1960. The normalized spacial score (nSPS) is 24.3. The number of nitriles is 2. The Hall–Kier alpha value is -5.83. The van der Waals surface area contributed by atoms with Crippen molar-refractivity contribution in [3.05, 3.63) is 83.7 Å². The maximum absolute atomic E-state index is 14.0. The SMILES string of the molecule is C[C@]1(C#N)CCCC[C@@H]1n1cc(C(N)=O)c(Nc2ccc(F)cc2)n1.C[C@]1(C#N)CC[C@@H](F)C[C@@H]1n1cc(C(N)=O)c(Nc2ccc(F)cc2)n1. The van der Waals surface area contributed by atoms with Crippen LogP contribution in [-0.2, 0) is 0 Å². The molecule has 0 spiro atoms. The Morgan fingerprint density at radius 3 is 1.67 bits per heavy atom. The maximum Gasteiger partial charge on any atom is 0.254 e. The second-order valence-electron chi connectivity index (χ2n) is 13.4. The smallest absolute Gasteiger partial charge is 0.254 e. The van der Waals surface area contributed by atoms with Gasteiger partial charge in [0.25, 0.3) is 11.8 Å². The minimum Gasteiger partial charge on any atom is -0.365 e. The molecule has 2 aromatic carbocycles. The highest BCUT2D eigenvalue weighted by molar-refractivity contribution is 5.98. The number of benzene rings is 2. The van der Waals surface area contributed by atoms with E-state index in [-0.39, 0.29) is 35.2 Å². The van der Waals surface area contributed by atoms with Gasteiger partial charge < -0.3 is 22.1 Å². The van der Waals surface area contributed by atoms with E-state index < -0.39 is 40.7 Å². The molecular weight excluding hydrogens is 661 g/mol. The lowest BCUT2D eigenvalue weighted by Gasteiger charge is -2.37. The Balaban J connectivity index is 0.000000198. The monoisotopic (exact) mass is 700 g/mol. The van der Waals surface area contributed by atoms with Gasteiger partial charge in [0.05, 0.1) is 35.1 Å². The number of hydrogen-bond acceptors (Lipinski definition) is 8. The summed E-state index contributed by atoms with van der Waals surface area (Å²) >= 11 is 0. The highest BCUT2D eigenvalue weighted by Crippen LogP contribution is 2.45. The molecule has 4 aromatic rings. The van der Waals surface area contributed by atoms with Gasteiger partial charge in [0, 0.05) is 30.2 Å². The molecule has 0 saturated heterocycles. The first kappa shape index (κ1) is 36.5. The van der Waals surface area contributed by atoms with E-state index in [0.29, 0.717) is 30.0 Å². The Morgan fingerprint density at radius 1 is 0.765 bits per heavy atom. The number of nitrogens with one attached hydrogen (secondary N) is 2. The molecule has 0 radical (unpaired) electrons. The summed E-state index contributed by atoms with van der Waals surface area (Å²) in [5, 5.41) is 33.9. The third-order valence-electron chi connectivity index (χ3n) is 9.71. The number of carbonyl (C=O) groups is 2. The van der Waals surface area contributed by atoms with Gasteiger partial charge in [0.2, 0.25) is 0 Å². The molecule has 0 bridgehead atoms. The molecule has 5 atom stereocenters. The van der Waals surface area contributed by atoms with E-state index in [4.69, 9.17) is 11.5 Å². The summed E-state index contributed by atoms with van der Waals surface area (Å²) in [5.74, 6) is -1.55. The molecule has 51 heavy (non-hydrogen) atoms. The minimum absolute atomic E-state index is 0.117. The third kappa shape index (κ3) is 8.15. The lowest BCUT2D eigenvalue weighted by Crippen LogP contribution is -2.36. The second kappa shape index (κ2) is 15.0. The third-order valence-corrected chi connectivity index (χ3v) is 9.71. The summed E-state index contributed by atoms with van der Waals surface area (Å²) in [6.45, 7) is 3.69. The largest absolute Gasteiger partial charge is 0.365 e. The predicted octanol–water partition coefficient (Wildman–Crippen LogP) is 6.97. The molecule has 2 amide bonds. The number of anilines is 4. The van der Waals surface area contributed by atoms with Crippen LogP contribution in [0, 0.1) is 45.1 Å². The van der Waals surface area contributed by atoms with Crippen LogP contribution < -0.4 is 22.1 Å². The molecule has 6 rings (SSSR count). The number of aromatic nitrogens is 4. The number of carbonyl (C=O) groups excluding carboxylic acids is 2. The first-order valence-corrected chi connectivity index (χ1v) is 16.5. The van der Waals surface area contributed by atoms with Gasteiger partial charge in [-0.3, -0.25) is 19.0 Å². The first-order valence-electron chi connectivity index (χ1n) is 16.5. The maximum atomic E-state index is 14.0. The predicted molar refractivity (Wildman–Crippen MR) is 184 cm³/mol. The van der Waals surface area contributed by atoms with Crippen LogP contribution in [0.4, 0.5) is 36.2 Å². The van der Waals surface area contributed by atoms with E-state index >= 15 is 0 Å². The quantitative estimate of drug-likeness (QED) is 0.151. The van der Waals surface area contributed by atoms with E-state index in [0.717, 1.165) is 25.7 Å². The fraction of sp³-hybridized carbons (Fsp3) is 0.389. The lowest BCUT2D eigenvalue weighted by molar-refractivity contribution is 0.0987. The van der Waals surface area contributed by atoms with Crippen LogP contribution in [0.5, 0.6) is 0 Å². The van der Waals surface area contributed by atoms with Crippen molar-refractivity contribution in [2.75, 3.05) is 10.6 Å². The highest BCUT2D eigenvalue weighted by atomic mass is 19.1. The Labute approximate surface area is 293 Å². The van der Waals surface area contributed by atoms with Crippen molar-refractivity contribution >= 4 is 34.8 Å². The molecule has 2 aliphatic carbocycles. The topological polar surface area (TPSA) is 193 Å². The summed E-state index contributed by atoms with van der Waals surface area (Å²) in [6.07, 6.45) is 6.50. The summed E-state index contributed by atoms with van der Waals surface area (Å²) in [7, 11) is 0. The molecule has 15 heteroatoms. The van der Waals surface area contributed by atoms with Gasteiger partial charge in [-0.15, -0.1) is 0 Å². The second-order valence-corrected chi connectivity index (χ2v) is 13.4. The first-order chi connectivity index (χ1) is 24.2. The van der Waals surface area contributed by atoms with Crippen molar-refractivity contribution in [2.45, 2.75) is 77.0 Å². The van der Waals surface area contributed by atoms with Crippen LogP contribution in [0.15, 0.2) is 60.9 Å². The number of amides is 2. The van der Waals surface area contributed by atoms with Crippen LogP contribution in [0.25, 0.3) is 0 Å². The van der Waals surface area contributed by atoms with Gasteiger partial charge >= 0.3 is 0 Å². The van der Waals surface area contributed by atoms with E-state index in [9.17, 15) is 33.3 Å². The van der Waals surface area contributed by atoms with E-state index in [1.807, 2.05) is 6.92 Å². The molecule has 2 fully saturated rings. The number of rotatable bonds is 8. The fourth-order valence-corrected chi connectivity index (χ4v) is 6.63. The van der Waals surface area contributed by atoms with Gasteiger partial charge in [0.15, 0.2) is 11.6 Å². The van der Waals surface area contributed by atoms with Crippen LogP contribution in [0.1, 0.15) is 91.6 Å². The van der Waals surface area contributed by atoms with Gasteiger partial charge in [-0.1, -0.05) is 12.8 Å². The van der Waals surface area contributed by atoms with Crippen LogP contribution in [0.2, 0.25) is 0 Å². The molecule has 266 valence electrons. The van der Waals surface area contributed by atoms with Gasteiger partial charge in [0.1, 0.15) is 28.9 Å². The summed E-state index contributed by atoms with van der Waals surface area (Å²) in [5.41, 5.74) is 11.1. The summed E-state index contributed by atoms with van der Waals surface area (Å²) < 4.78 is 43.2. The number of nitrogens with zero attached hydrogens (tertiary/aromatic N) is 6. The van der Waals surface area contributed by atoms with Crippen molar-refractivity contribution in [2.24, 2.45) is 22.3 Å². The van der Waals surface area contributed by atoms with Crippen molar-refractivity contribution in [3.63, 3.8) is 0 Å². The highest BCUT2D eigenvalue weighted by Gasteiger charge is 2.43. The summed E-state index contributed by atoms with van der Waals surface area (Å²) in [4.78, 5) is 23.6. The molecule has 2 heterocycles. The van der Waals surface area contributed by atoms with E-state index in [1.54, 1.807) is 29.9 Å². The molecule has 0 unspecified atom stereocenters. The van der Waals surface area contributed by atoms with Gasteiger partial charge in [-0.05, 0) is 88.1 Å². The van der Waals surface area contributed by atoms with Crippen LogP contribution in [0.3, 0.4) is 0 Å². The number of halogens is 3. The molecule has 6 N–H and O–H groups in total.